The van der Waals surface area contributed by atoms with Crippen LogP contribution in [-0.4, -0.2) is 31.2 Å². The van der Waals surface area contributed by atoms with E-state index in [1.807, 2.05) is 19.1 Å². The summed E-state index contributed by atoms with van der Waals surface area (Å²) in [5, 5.41) is 3.01. The van der Waals surface area contributed by atoms with Gasteiger partial charge in [0.2, 0.25) is 0 Å². The van der Waals surface area contributed by atoms with Crippen molar-refractivity contribution in [2.75, 3.05) is 25.1 Å². The van der Waals surface area contributed by atoms with Crippen molar-refractivity contribution in [2.45, 2.75) is 13.3 Å². The molecule has 0 aliphatic rings. The van der Waals surface area contributed by atoms with E-state index in [-0.39, 0.29) is 6.61 Å². The topological polar surface area (TPSA) is 34.2 Å². The molecule has 0 amide bonds. The first-order chi connectivity index (χ1) is 7.20. The fourth-order valence-corrected chi connectivity index (χ4v) is 1.08. The summed E-state index contributed by atoms with van der Waals surface area (Å²) in [5.41, 5.74) is 1.02. The van der Waals surface area contributed by atoms with Gasteiger partial charge in [0.1, 0.15) is 12.4 Å². The number of anilines is 1. The van der Waals surface area contributed by atoms with Gasteiger partial charge < -0.3 is 10.1 Å². The van der Waals surface area contributed by atoms with Crippen molar-refractivity contribution in [3.63, 3.8) is 0 Å². The number of aryl methyl sites for hydroxylation is 1. The van der Waals surface area contributed by atoms with Crippen LogP contribution >= 0.6 is 0 Å². The zero-order valence-electron chi connectivity index (χ0n) is 8.54. The van der Waals surface area contributed by atoms with Crippen molar-refractivity contribution in [3.8, 4) is 0 Å². The number of nitrogens with one attached hydrogen (secondary N) is 1. The Morgan fingerprint density at radius 2 is 2.33 bits per heavy atom. The van der Waals surface area contributed by atoms with Crippen LogP contribution in [0.15, 0.2) is 18.3 Å². The average molecular weight is 216 g/mol. The molecule has 0 bridgehead atoms. The summed E-state index contributed by atoms with van der Waals surface area (Å²) in [7, 11) is 0. The Morgan fingerprint density at radius 3 is 3.00 bits per heavy atom. The summed E-state index contributed by atoms with van der Waals surface area (Å²) < 4.78 is 28.1. The third kappa shape index (κ3) is 4.69. The number of alkyl halides is 2. The molecule has 1 aromatic heterocycles. The molecule has 0 aliphatic carbocycles. The molecule has 0 fully saturated rings. The monoisotopic (exact) mass is 216 g/mol. The van der Waals surface area contributed by atoms with E-state index in [0.29, 0.717) is 6.54 Å². The molecule has 0 saturated heterocycles. The molecule has 3 nitrogen and oxygen atoms in total. The van der Waals surface area contributed by atoms with Crippen LogP contribution < -0.4 is 5.32 Å². The molecule has 0 aromatic carbocycles. The van der Waals surface area contributed by atoms with E-state index in [2.05, 4.69) is 10.3 Å². The highest BCUT2D eigenvalue weighted by atomic mass is 19.3. The van der Waals surface area contributed by atoms with Crippen molar-refractivity contribution in [2.24, 2.45) is 0 Å². The molecule has 0 atom stereocenters. The molecule has 1 aromatic rings. The Bertz CT molecular complexity index is 295. The predicted octanol–water partition coefficient (Wildman–Crippen LogP) is 2.08. The minimum Gasteiger partial charge on any atom is -0.374 e. The quantitative estimate of drug-likeness (QED) is 0.739. The zero-order valence-corrected chi connectivity index (χ0v) is 8.54. The van der Waals surface area contributed by atoms with Gasteiger partial charge in [0.25, 0.3) is 6.43 Å². The number of ether oxygens (including phenoxy) is 1. The molecule has 5 heteroatoms. The van der Waals surface area contributed by atoms with Gasteiger partial charge in [-0.1, -0.05) is 6.07 Å². The highest BCUT2D eigenvalue weighted by Crippen LogP contribution is 2.08. The van der Waals surface area contributed by atoms with E-state index in [9.17, 15) is 8.78 Å². The van der Waals surface area contributed by atoms with Crippen LogP contribution in [0.25, 0.3) is 0 Å². The molecule has 0 unspecified atom stereocenters. The lowest BCUT2D eigenvalue weighted by atomic mass is 10.3. The van der Waals surface area contributed by atoms with Gasteiger partial charge in [-0.25, -0.2) is 13.8 Å². The fourth-order valence-electron chi connectivity index (χ4n) is 1.08. The molecule has 0 radical (unpaired) electrons. The number of hydrogen-bond donors (Lipinski definition) is 1. The summed E-state index contributed by atoms with van der Waals surface area (Å²) in [6, 6.07) is 3.77. The lowest BCUT2D eigenvalue weighted by Crippen LogP contribution is -2.14. The maximum Gasteiger partial charge on any atom is 0.261 e. The number of aromatic nitrogens is 1. The van der Waals surface area contributed by atoms with Gasteiger partial charge in [-0.3, -0.25) is 0 Å². The lowest BCUT2D eigenvalue weighted by Gasteiger charge is -2.08. The molecule has 0 aliphatic heterocycles. The van der Waals surface area contributed by atoms with Crippen molar-refractivity contribution >= 4 is 5.82 Å². The van der Waals surface area contributed by atoms with Gasteiger partial charge >= 0.3 is 0 Å². The van der Waals surface area contributed by atoms with E-state index in [1.165, 1.54) is 0 Å². The van der Waals surface area contributed by atoms with E-state index >= 15 is 0 Å². The summed E-state index contributed by atoms with van der Waals surface area (Å²) in [6.07, 6.45) is -0.725. The predicted molar refractivity (Wildman–Crippen MR) is 54.3 cm³/mol. The summed E-state index contributed by atoms with van der Waals surface area (Å²) in [6.45, 7) is 2.14. The van der Waals surface area contributed by atoms with E-state index < -0.39 is 13.0 Å². The number of halogens is 2. The lowest BCUT2D eigenvalue weighted by molar-refractivity contribution is 0.0214. The van der Waals surface area contributed by atoms with Crippen LogP contribution in [0.2, 0.25) is 0 Å². The third-order valence-electron chi connectivity index (χ3n) is 1.79. The summed E-state index contributed by atoms with van der Waals surface area (Å²) in [4.78, 5) is 4.10. The highest BCUT2D eigenvalue weighted by molar-refractivity contribution is 5.42. The van der Waals surface area contributed by atoms with Crippen molar-refractivity contribution in [1.82, 2.24) is 4.98 Å². The van der Waals surface area contributed by atoms with Crippen LogP contribution in [-0.2, 0) is 4.74 Å². The first-order valence-corrected chi connectivity index (χ1v) is 4.71. The average Bonchev–Trinajstić information content (AvgIpc) is 2.20. The molecule has 0 spiro atoms. The molecular formula is C10H14F2N2O. The first-order valence-electron chi connectivity index (χ1n) is 4.71. The highest BCUT2D eigenvalue weighted by Gasteiger charge is 2.01. The first kappa shape index (κ1) is 11.8. The Morgan fingerprint density at radius 1 is 1.53 bits per heavy atom. The third-order valence-corrected chi connectivity index (χ3v) is 1.79. The van der Waals surface area contributed by atoms with Crippen LogP contribution in [0, 0.1) is 6.92 Å². The Kier molecular flexibility index (Phi) is 4.97. The Balaban J connectivity index is 2.18. The van der Waals surface area contributed by atoms with Gasteiger partial charge in [-0.05, 0) is 18.6 Å². The minimum absolute atomic E-state index is 0.250. The van der Waals surface area contributed by atoms with Crippen molar-refractivity contribution in [3.05, 3.63) is 23.9 Å². The second-order valence-corrected chi connectivity index (χ2v) is 3.06. The van der Waals surface area contributed by atoms with Crippen LogP contribution in [0.4, 0.5) is 14.6 Å². The van der Waals surface area contributed by atoms with Crippen LogP contribution in [0.3, 0.4) is 0 Å². The fraction of sp³-hybridized carbons (Fsp3) is 0.500. The van der Waals surface area contributed by atoms with Crippen molar-refractivity contribution in [1.29, 1.82) is 0 Å². The largest absolute Gasteiger partial charge is 0.374 e. The number of rotatable bonds is 6. The molecule has 0 saturated carbocycles. The standard InChI is InChI=1S/C10H14F2N2O/c1-8-3-2-4-13-10(8)14-5-6-15-7-9(11)12/h2-4,9H,5-7H2,1H3,(H,13,14). The van der Waals surface area contributed by atoms with Crippen LogP contribution in [0.1, 0.15) is 5.56 Å². The molecule has 1 N–H and O–H groups in total. The summed E-state index contributed by atoms with van der Waals surface area (Å²) >= 11 is 0. The van der Waals surface area contributed by atoms with Gasteiger partial charge in [0, 0.05) is 12.7 Å². The second kappa shape index (κ2) is 6.29. The zero-order chi connectivity index (χ0) is 11.1. The molecule has 1 rings (SSSR count). The van der Waals surface area contributed by atoms with Gasteiger partial charge in [-0.2, -0.15) is 0 Å². The number of hydrogen-bond acceptors (Lipinski definition) is 3. The van der Waals surface area contributed by atoms with Crippen molar-refractivity contribution < 1.29 is 13.5 Å². The van der Waals surface area contributed by atoms with E-state index in [0.717, 1.165) is 11.4 Å². The van der Waals surface area contributed by atoms with E-state index in [4.69, 9.17) is 4.74 Å². The van der Waals surface area contributed by atoms with E-state index in [1.54, 1.807) is 6.20 Å². The molecule has 1 heterocycles. The number of pyridine rings is 1. The van der Waals surface area contributed by atoms with Crippen LogP contribution in [0.5, 0.6) is 0 Å². The molecule has 15 heavy (non-hydrogen) atoms. The Labute approximate surface area is 87.5 Å². The number of nitrogens with zero attached hydrogens (tertiary/aromatic N) is 1. The molecular weight excluding hydrogens is 202 g/mol. The smallest absolute Gasteiger partial charge is 0.261 e. The van der Waals surface area contributed by atoms with Gasteiger partial charge in [-0.15, -0.1) is 0 Å². The Hall–Kier alpha value is -1.23. The maximum absolute atomic E-state index is 11.7. The molecule has 84 valence electrons. The minimum atomic E-state index is -2.40. The normalized spacial score (nSPS) is 10.7. The SMILES string of the molecule is Cc1cccnc1NCCOCC(F)F. The van der Waals surface area contributed by atoms with Gasteiger partial charge in [0.15, 0.2) is 0 Å². The second-order valence-electron chi connectivity index (χ2n) is 3.06. The summed E-state index contributed by atoms with van der Waals surface area (Å²) in [5.74, 6) is 0.762. The van der Waals surface area contributed by atoms with Gasteiger partial charge in [0.05, 0.1) is 6.61 Å². The maximum atomic E-state index is 11.7.